The fourth-order valence-electron chi connectivity index (χ4n) is 2.54. The highest BCUT2D eigenvalue weighted by Crippen LogP contribution is 2.29. The summed E-state index contributed by atoms with van der Waals surface area (Å²) < 4.78 is 5.04. The van der Waals surface area contributed by atoms with Gasteiger partial charge < -0.3 is 10.1 Å². The second-order valence-corrected chi connectivity index (χ2v) is 6.77. The lowest BCUT2D eigenvalue weighted by Crippen LogP contribution is -2.24. The summed E-state index contributed by atoms with van der Waals surface area (Å²) in [6.07, 6.45) is 4.97. The lowest BCUT2D eigenvalue weighted by molar-refractivity contribution is 0.194. The first kappa shape index (κ1) is 14.9. The quantitative estimate of drug-likeness (QED) is 0.583. The van der Waals surface area contributed by atoms with Crippen LogP contribution in [0.15, 0.2) is 23.1 Å². The SMILES string of the molecule is COCCCNCC(C)Sc1ccc2c(c1)CCC2. The maximum Gasteiger partial charge on any atom is 0.0474 e. The Morgan fingerprint density at radius 1 is 1.32 bits per heavy atom. The minimum Gasteiger partial charge on any atom is -0.385 e. The molecular formula is C16H25NOS. The molecule has 3 heteroatoms. The van der Waals surface area contributed by atoms with E-state index in [-0.39, 0.29) is 0 Å². The van der Waals surface area contributed by atoms with Gasteiger partial charge in [0.15, 0.2) is 0 Å². The molecule has 2 nitrogen and oxygen atoms in total. The van der Waals surface area contributed by atoms with Crippen LogP contribution in [-0.4, -0.2) is 32.1 Å². The number of ether oxygens (including phenoxy) is 1. The van der Waals surface area contributed by atoms with Gasteiger partial charge >= 0.3 is 0 Å². The van der Waals surface area contributed by atoms with Gasteiger partial charge in [0.05, 0.1) is 0 Å². The normalized spacial score (nSPS) is 15.5. The summed E-state index contributed by atoms with van der Waals surface area (Å²) >= 11 is 1.98. The molecule has 1 atom stereocenters. The minimum absolute atomic E-state index is 0.613. The number of thioether (sulfide) groups is 1. The van der Waals surface area contributed by atoms with Gasteiger partial charge in [-0.25, -0.2) is 0 Å². The Morgan fingerprint density at radius 2 is 2.16 bits per heavy atom. The van der Waals surface area contributed by atoms with Crippen LogP contribution in [0.5, 0.6) is 0 Å². The van der Waals surface area contributed by atoms with Gasteiger partial charge in [-0.15, -0.1) is 11.8 Å². The first-order chi connectivity index (χ1) is 9.29. The minimum atomic E-state index is 0.613. The largest absolute Gasteiger partial charge is 0.385 e. The van der Waals surface area contributed by atoms with Crippen molar-refractivity contribution < 1.29 is 4.74 Å². The molecule has 1 aliphatic carbocycles. The second kappa shape index (κ2) is 7.93. The molecule has 19 heavy (non-hydrogen) atoms. The van der Waals surface area contributed by atoms with Crippen LogP contribution in [0.25, 0.3) is 0 Å². The van der Waals surface area contributed by atoms with E-state index >= 15 is 0 Å². The van der Waals surface area contributed by atoms with Gasteiger partial charge in [-0.3, -0.25) is 0 Å². The third-order valence-corrected chi connectivity index (χ3v) is 4.64. The summed E-state index contributed by atoms with van der Waals surface area (Å²) in [4.78, 5) is 1.42. The molecule has 0 spiro atoms. The van der Waals surface area contributed by atoms with Crippen molar-refractivity contribution in [1.29, 1.82) is 0 Å². The van der Waals surface area contributed by atoms with Crippen LogP contribution in [0.4, 0.5) is 0 Å². The van der Waals surface area contributed by atoms with Gasteiger partial charge in [-0.2, -0.15) is 0 Å². The average Bonchev–Trinajstić information content (AvgIpc) is 2.86. The van der Waals surface area contributed by atoms with E-state index in [1.165, 1.54) is 24.2 Å². The van der Waals surface area contributed by atoms with E-state index < -0.39 is 0 Å². The zero-order valence-corrected chi connectivity index (χ0v) is 12.9. The first-order valence-electron chi connectivity index (χ1n) is 7.27. The fourth-order valence-corrected chi connectivity index (χ4v) is 3.57. The predicted octanol–water partition coefficient (Wildman–Crippen LogP) is 3.28. The Labute approximate surface area is 121 Å². The third kappa shape index (κ3) is 4.83. The number of hydrogen-bond donors (Lipinski definition) is 1. The van der Waals surface area contributed by atoms with E-state index in [9.17, 15) is 0 Å². The van der Waals surface area contributed by atoms with Crippen molar-refractivity contribution >= 4 is 11.8 Å². The number of fused-ring (bicyclic) bond motifs is 1. The van der Waals surface area contributed by atoms with E-state index in [4.69, 9.17) is 4.74 Å². The Hall–Kier alpha value is -0.510. The summed E-state index contributed by atoms with van der Waals surface area (Å²) in [6.45, 7) is 5.24. The van der Waals surface area contributed by atoms with E-state index in [0.29, 0.717) is 5.25 Å². The molecule has 1 aromatic rings. The summed E-state index contributed by atoms with van der Waals surface area (Å²) in [6, 6.07) is 7.01. The molecule has 1 unspecified atom stereocenters. The molecule has 2 rings (SSSR count). The van der Waals surface area contributed by atoms with Gasteiger partial charge in [-0.1, -0.05) is 13.0 Å². The summed E-state index contributed by atoms with van der Waals surface area (Å²) in [5, 5.41) is 4.10. The van der Waals surface area contributed by atoms with Gasteiger partial charge in [-0.05, 0) is 55.5 Å². The van der Waals surface area contributed by atoms with Crippen LogP contribution < -0.4 is 5.32 Å². The lowest BCUT2D eigenvalue weighted by atomic mass is 10.1. The number of methoxy groups -OCH3 is 1. The van der Waals surface area contributed by atoms with Crippen LogP contribution in [-0.2, 0) is 17.6 Å². The second-order valence-electron chi connectivity index (χ2n) is 5.26. The number of rotatable bonds is 8. The Morgan fingerprint density at radius 3 is 3.00 bits per heavy atom. The van der Waals surface area contributed by atoms with Crippen molar-refractivity contribution in [1.82, 2.24) is 5.32 Å². The zero-order chi connectivity index (χ0) is 13.5. The molecule has 0 saturated carbocycles. The highest BCUT2D eigenvalue weighted by molar-refractivity contribution is 8.00. The first-order valence-corrected chi connectivity index (χ1v) is 8.15. The number of hydrogen-bond acceptors (Lipinski definition) is 3. The lowest BCUT2D eigenvalue weighted by Gasteiger charge is -2.13. The van der Waals surface area contributed by atoms with E-state index in [2.05, 4.69) is 30.4 Å². The smallest absolute Gasteiger partial charge is 0.0474 e. The average molecular weight is 279 g/mol. The summed E-state index contributed by atoms with van der Waals surface area (Å²) in [5.74, 6) is 0. The molecule has 0 aliphatic heterocycles. The highest BCUT2D eigenvalue weighted by atomic mass is 32.2. The van der Waals surface area contributed by atoms with Crippen LogP contribution in [0.2, 0.25) is 0 Å². The van der Waals surface area contributed by atoms with Crippen molar-refractivity contribution in [3.05, 3.63) is 29.3 Å². The molecular weight excluding hydrogens is 254 g/mol. The van der Waals surface area contributed by atoms with Crippen molar-refractivity contribution in [3.63, 3.8) is 0 Å². The molecule has 0 amide bonds. The highest BCUT2D eigenvalue weighted by Gasteiger charge is 2.12. The molecule has 1 aromatic carbocycles. The molecule has 0 aromatic heterocycles. The molecule has 1 N–H and O–H groups in total. The third-order valence-electron chi connectivity index (χ3n) is 3.54. The van der Waals surface area contributed by atoms with Crippen LogP contribution >= 0.6 is 11.8 Å². The van der Waals surface area contributed by atoms with Crippen LogP contribution in [0.3, 0.4) is 0 Å². The van der Waals surface area contributed by atoms with Crippen molar-refractivity contribution in [3.8, 4) is 0 Å². The van der Waals surface area contributed by atoms with E-state index in [1.54, 1.807) is 18.2 Å². The molecule has 0 fully saturated rings. The number of benzene rings is 1. The Balaban J connectivity index is 1.71. The summed E-state index contributed by atoms with van der Waals surface area (Å²) in [7, 11) is 1.76. The maximum absolute atomic E-state index is 5.04. The Bertz CT molecular complexity index is 394. The zero-order valence-electron chi connectivity index (χ0n) is 12.1. The van der Waals surface area contributed by atoms with Crippen LogP contribution in [0.1, 0.15) is 30.9 Å². The van der Waals surface area contributed by atoms with E-state index in [1.807, 2.05) is 11.8 Å². The van der Waals surface area contributed by atoms with Gasteiger partial charge in [0, 0.05) is 30.4 Å². The summed E-state index contributed by atoms with van der Waals surface area (Å²) in [5.41, 5.74) is 3.14. The van der Waals surface area contributed by atoms with Crippen molar-refractivity contribution in [2.24, 2.45) is 0 Å². The van der Waals surface area contributed by atoms with Gasteiger partial charge in [0.2, 0.25) is 0 Å². The predicted molar refractivity (Wildman–Crippen MR) is 83.1 cm³/mol. The standard InChI is InChI=1S/C16H25NOS/c1-13(12-17-9-4-10-18-2)19-16-8-7-14-5-3-6-15(14)11-16/h7-8,11,13,17H,3-6,9-10,12H2,1-2H3. The van der Waals surface area contributed by atoms with Crippen LogP contribution in [0, 0.1) is 0 Å². The fraction of sp³-hybridized carbons (Fsp3) is 0.625. The molecule has 106 valence electrons. The Kier molecular flexibility index (Phi) is 6.21. The van der Waals surface area contributed by atoms with Crippen molar-refractivity contribution in [2.45, 2.75) is 42.8 Å². The molecule has 1 aliphatic rings. The molecule has 0 radical (unpaired) electrons. The molecule has 0 bridgehead atoms. The maximum atomic E-state index is 5.04. The number of aryl methyl sites for hydroxylation is 2. The van der Waals surface area contributed by atoms with E-state index in [0.717, 1.165) is 26.1 Å². The van der Waals surface area contributed by atoms with Gasteiger partial charge in [0.25, 0.3) is 0 Å². The van der Waals surface area contributed by atoms with Gasteiger partial charge in [0.1, 0.15) is 0 Å². The molecule has 0 heterocycles. The topological polar surface area (TPSA) is 21.3 Å². The molecule has 0 saturated heterocycles. The number of nitrogens with one attached hydrogen (secondary N) is 1. The monoisotopic (exact) mass is 279 g/mol. The van der Waals surface area contributed by atoms with Crippen molar-refractivity contribution in [2.75, 3.05) is 26.8 Å².